The molecule has 0 saturated carbocycles. The number of carbonyl (C=O) groups is 1. The van der Waals surface area contributed by atoms with Gasteiger partial charge < -0.3 is 15.0 Å². The summed E-state index contributed by atoms with van der Waals surface area (Å²) in [7, 11) is 2.99. The molecule has 3 rings (SSSR count). The van der Waals surface area contributed by atoms with Crippen LogP contribution in [0.3, 0.4) is 0 Å². The van der Waals surface area contributed by atoms with Crippen LogP contribution in [0.5, 0.6) is 5.75 Å². The van der Waals surface area contributed by atoms with Crippen molar-refractivity contribution in [2.45, 2.75) is 31.1 Å². The number of alkyl halides is 3. The van der Waals surface area contributed by atoms with E-state index in [4.69, 9.17) is 10.00 Å². The highest BCUT2D eigenvalue weighted by Crippen LogP contribution is 2.43. The Labute approximate surface area is 165 Å². The quantitative estimate of drug-likeness (QED) is 0.820. The molecule has 2 heterocycles. The van der Waals surface area contributed by atoms with Gasteiger partial charge in [-0.15, -0.1) is 0 Å². The summed E-state index contributed by atoms with van der Waals surface area (Å²) in [6.45, 7) is 0.169. The number of benzene rings is 1. The number of hydrogen-bond donors (Lipinski definition) is 1. The lowest BCUT2D eigenvalue weighted by molar-refractivity contribution is -0.173. The molecule has 0 bridgehead atoms. The smallest absolute Gasteiger partial charge is 0.410 e. The Kier molecular flexibility index (Phi) is 5.68. The van der Waals surface area contributed by atoms with Crippen molar-refractivity contribution in [1.82, 2.24) is 14.7 Å². The van der Waals surface area contributed by atoms with Gasteiger partial charge in [0.25, 0.3) is 5.91 Å². The van der Waals surface area contributed by atoms with Gasteiger partial charge in [0.15, 0.2) is 11.7 Å². The standard InChI is InChI=1S/C19H20F3N5O2/c1-26(9-3-8-23)18(28)15-11-17-24-14(12-4-6-13(29-2)7-5-12)10-16(19(20,21)22)27(17)25-15/h4-7,11,14,16,24H,3,9-10H2,1-2H3. The van der Waals surface area contributed by atoms with Gasteiger partial charge in [-0.25, -0.2) is 4.68 Å². The minimum atomic E-state index is -4.53. The van der Waals surface area contributed by atoms with Crippen molar-refractivity contribution in [1.29, 1.82) is 5.26 Å². The first-order chi connectivity index (χ1) is 13.7. The molecule has 0 fully saturated rings. The third-order valence-corrected chi connectivity index (χ3v) is 4.83. The number of amides is 1. The van der Waals surface area contributed by atoms with Crippen LogP contribution in [-0.2, 0) is 0 Å². The number of aromatic nitrogens is 2. The molecule has 7 nitrogen and oxygen atoms in total. The number of carbonyl (C=O) groups excluding carboxylic acids is 1. The fourth-order valence-electron chi connectivity index (χ4n) is 3.25. The fraction of sp³-hybridized carbons (Fsp3) is 0.421. The largest absolute Gasteiger partial charge is 0.497 e. The summed E-state index contributed by atoms with van der Waals surface area (Å²) in [5.41, 5.74) is 0.573. The van der Waals surface area contributed by atoms with Crippen LogP contribution in [0.25, 0.3) is 0 Å². The van der Waals surface area contributed by atoms with Crippen LogP contribution in [0.15, 0.2) is 30.3 Å². The van der Waals surface area contributed by atoms with E-state index in [1.807, 2.05) is 6.07 Å². The summed E-state index contributed by atoms with van der Waals surface area (Å²) in [6, 6.07) is 7.56. The molecule has 1 aromatic carbocycles. The number of anilines is 1. The molecule has 1 aliphatic rings. The highest BCUT2D eigenvalue weighted by atomic mass is 19.4. The summed E-state index contributed by atoms with van der Waals surface area (Å²) in [6.07, 6.45) is -4.66. The van der Waals surface area contributed by atoms with Crippen molar-refractivity contribution in [2.24, 2.45) is 0 Å². The molecule has 2 aromatic rings. The Hall–Kier alpha value is -3.22. The van der Waals surface area contributed by atoms with Crippen LogP contribution in [0, 0.1) is 11.3 Å². The van der Waals surface area contributed by atoms with E-state index >= 15 is 0 Å². The Balaban J connectivity index is 1.91. The highest BCUT2D eigenvalue weighted by Gasteiger charge is 2.46. The van der Waals surface area contributed by atoms with E-state index in [2.05, 4.69) is 10.4 Å². The van der Waals surface area contributed by atoms with Gasteiger partial charge in [0, 0.05) is 26.1 Å². The molecule has 1 aromatic heterocycles. The Morgan fingerprint density at radius 3 is 2.69 bits per heavy atom. The average molecular weight is 407 g/mol. The van der Waals surface area contributed by atoms with Crippen molar-refractivity contribution in [2.75, 3.05) is 26.0 Å². The molecule has 2 atom stereocenters. The predicted molar refractivity (Wildman–Crippen MR) is 98.5 cm³/mol. The Bertz CT molecular complexity index is 917. The van der Waals surface area contributed by atoms with E-state index in [9.17, 15) is 18.0 Å². The van der Waals surface area contributed by atoms with Gasteiger partial charge in [-0.3, -0.25) is 4.79 Å². The second-order valence-electron chi connectivity index (χ2n) is 6.76. The maximum atomic E-state index is 13.7. The fourth-order valence-corrected chi connectivity index (χ4v) is 3.25. The van der Waals surface area contributed by atoms with E-state index in [1.54, 1.807) is 24.3 Å². The van der Waals surface area contributed by atoms with Crippen molar-refractivity contribution in [3.63, 3.8) is 0 Å². The van der Waals surface area contributed by atoms with Gasteiger partial charge in [-0.2, -0.15) is 23.5 Å². The number of methoxy groups -OCH3 is 1. The first-order valence-electron chi connectivity index (χ1n) is 8.93. The molecule has 154 valence electrons. The monoisotopic (exact) mass is 407 g/mol. The van der Waals surface area contributed by atoms with Gasteiger partial charge in [0.05, 0.1) is 25.6 Å². The van der Waals surface area contributed by atoms with Crippen LogP contribution >= 0.6 is 0 Å². The average Bonchev–Trinajstić information content (AvgIpc) is 3.13. The normalized spacial score (nSPS) is 18.3. The molecule has 1 amide bonds. The minimum absolute atomic E-state index is 0.0995. The predicted octanol–water partition coefficient (Wildman–Crippen LogP) is 3.54. The van der Waals surface area contributed by atoms with E-state index in [1.165, 1.54) is 25.1 Å². The van der Waals surface area contributed by atoms with Gasteiger partial charge in [-0.05, 0) is 17.7 Å². The molecule has 10 heteroatoms. The molecule has 0 saturated heterocycles. The van der Waals surface area contributed by atoms with Crippen molar-refractivity contribution >= 4 is 11.7 Å². The minimum Gasteiger partial charge on any atom is -0.497 e. The first kappa shape index (κ1) is 20.5. The zero-order chi connectivity index (χ0) is 21.2. The van der Waals surface area contributed by atoms with Crippen molar-refractivity contribution < 1.29 is 22.7 Å². The number of nitriles is 1. The van der Waals surface area contributed by atoms with E-state index in [0.717, 1.165) is 4.68 Å². The second kappa shape index (κ2) is 8.03. The number of ether oxygens (including phenoxy) is 1. The maximum Gasteiger partial charge on any atom is 0.410 e. The molecule has 0 spiro atoms. The van der Waals surface area contributed by atoms with Gasteiger partial charge in [0.2, 0.25) is 0 Å². The second-order valence-corrected chi connectivity index (χ2v) is 6.76. The molecule has 29 heavy (non-hydrogen) atoms. The van der Waals surface area contributed by atoms with E-state index in [-0.39, 0.29) is 30.9 Å². The number of nitrogens with zero attached hydrogens (tertiary/aromatic N) is 4. The van der Waals surface area contributed by atoms with Crippen LogP contribution in [0.2, 0.25) is 0 Å². The number of fused-ring (bicyclic) bond motifs is 1. The zero-order valence-corrected chi connectivity index (χ0v) is 15.9. The summed E-state index contributed by atoms with van der Waals surface area (Å²) in [5.74, 6) is 0.192. The Morgan fingerprint density at radius 1 is 1.41 bits per heavy atom. The Morgan fingerprint density at radius 2 is 2.10 bits per heavy atom. The third-order valence-electron chi connectivity index (χ3n) is 4.83. The molecule has 2 unspecified atom stereocenters. The molecule has 0 aliphatic carbocycles. The molecule has 1 N–H and O–H groups in total. The molecular formula is C19H20F3N5O2. The summed E-state index contributed by atoms with van der Waals surface area (Å²) < 4.78 is 47.1. The van der Waals surface area contributed by atoms with Crippen LogP contribution in [0.1, 0.15) is 41.0 Å². The zero-order valence-electron chi connectivity index (χ0n) is 15.9. The third kappa shape index (κ3) is 4.29. The number of halogens is 3. The highest BCUT2D eigenvalue weighted by molar-refractivity contribution is 5.93. The van der Waals surface area contributed by atoms with Gasteiger partial charge >= 0.3 is 6.18 Å². The number of nitrogens with one attached hydrogen (secondary N) is 1. The lowest BCUT2D eigenvalue weighted by Gasteiger charge is -2.33. The first-order valence-corrected chi connectivity index (χ1v) is 8.93. The number of rotatable bonds is 5. The van der Waals surface area contributed by atoms with Crippen molar-refractivity contribution in [3.05, 3.63) is 41.6 Å². The van der Waals surface area contributed by atoms with Gasteiger partial charge in [-0.1, -0.05) is 12.1 Å². The van der Waals surface area contributed by atoms with E-state index in [0.29, 0.717) is 11.3 Å². The summed E-state index contributed by atoms with van der Waals surface area (Å²) in [5, 5.41) is 15.6. The van der Waals surface area contributed by atoms with Crippen molar-refractivity contribution in [3.8, 4) is 11.8 Å². The SMILES string of the molecule is COc1ccc(C2CC(C(F)(F)F)n3nc(C(=O)N(C)CCC#N)cc3N2)cc1. The topological polar surface area (TPSA) is 83.2 Å². The maximum absolute atomic E-state index is 13.7. The summed E-state index contributed by atoms with van der Waals surface area (Å²) >= 11 is 0. The van der Waals surface area contributed by atoms with Crippen LogP contribution in [0.4, 0.5) is 19.0 Å². The molecule has 1 aliphatic heterocycles. The summed E-state index contributed by atoms with van der Waals surface area (Å²) in [4.78, 5) is 13.7. The van der Waals surface area contributed by atoms with Crippen LogP contribution in [-0.4, -0.2) is 47.5 Å². The molecule has 0 radical (unpaired) electrons. The lowest BCUT2D eigenvalue weighted by atomic mass is 9.97. The van der Waals surface area contributed by atoms with Gasteiger partial charge in [0.1, 0.15) is 11.6 Å². The van der Waals surface area contributed by atoms with Crippen LogP contribution < -0.4 is 10.1 Å². The number of hydrogen-bond acceptors (Lipinski definition) is 5. The lowest BCUT2D eigenvalue weighted by Crippen LogP contribution is -2.36. The van der Waals surface area contributed by atoms with E-state index < -0.39 is 24.2 Å². The molecular weight excluding hydrogens is 387 g/mol.